The fourth-order valence-corrected chi connectivity index (χ4v) is 2.63. The second-order valence-corrected chi connectivity index (χ2v) is 5.66. The Morgan fingerprint density at radius 1 is 1.53 bits per heavy atom. The Morgan fingerprint density at radius 3 is 2.79 bits per heavy atom. The average Bonchev–Trinajstić information content (AvgIpc) is 2.35. The number of carbonyl (C=O) groups is 1. The zero-order chi connectivity index (χ0) is 14.5. The number of rotatable bonds is 6. The van der Waals surface area contributed by atoms with Crippen LogP contribution in [0.25, 0.3) is 0 Å². The second kappa shape index (κ2) is 6.48. The van der Waals surface area contributed by atoms with Crippen LogP contribution in [0.5, 0.6) is 0 Å². The molecule has 0 saturated heterocycles. The lowest BCUT2D eigenvalue weighted by molar-refractivity contribution is -0.122. The number of sulfonamides is 1. The average molecular weight is 286 g/mol. The molecule has 1 rings (SSSR count). The smallest absolute Gasteiger partial charge is 0.260 e. The SMILES string of the molecule is CCCNC(=O)C(C)NS(=O)(=O)c1ncccc1N. The van der Waals surface area contributed by atoms with Crippen LogP contribution in [0.1, 0.15) is 20.3 Å². The van der Waals surface area contributed by atoms with Gasteiger partial charge in [-0.1, -0.05) is 6.92 Å². The summed E-state index contributed by atoms with van der Waals surface area (Å²) in [6.45, 7) is 3.86. The van der Waals surface area contributed by atoms with Crippen LogP contribution in [-0.2, 0) is 14.8 Å². The molecule has 0 aliphatic rings. The van der Waals surface area contributed by atoms with Crippen molar-refractivity contribution >= 4 is 21.6 Å². The molecule has 0 saturated carbocycles. The third-order valence-electron chi connectivity index (χ3n) is 2.33. The summed E-state index contributed by atoms with van der Waals surface area (Å²) in [7, 11) is -3.91. The summed E-state index contributed by atoms with van der Waals surface area (Å²) >= 11 is 0. The number of aromatic nitrogens is 1. The van der Waals surface area contributed by atoms with Crippen LogP contribution < -0.4 is 15.8 Å². The van der Waals surface area contributed by atoms with E-state index in [-0.39, 0.29) is 16.6 Å². The normalized spacial score (nSPS) is 12.9. The topological polar surface area (TPSA) is 114 Å². The van der Waals surface area contributed by atoms with E-state index >= 15 is 0 Å². The van der Waals surface area contributed by atoms with E-state index in [1.54, 1.807) is 0 Å². The van der Waals surface area contributed by atoms with Gasteiger partial charge in [-0.2, -0.15) is 4.72 Å². The van der Waals surface area contributed by atoms with Crippen molar-refractivity contribution < 1.29 is 13.2 Å². The van der Waals surface area contributed by atoms with E-state index in [0.29, 0.717) is 6.54 Å². The Balaban J connectivity index is 2.81. The zero-order valence-electron chi connectivity index (χ0n) is 10.9. The van der Waals surface area contributed by atoms with Crippen molar-refractivity contribution in [2.75, 3.05) is 12.3 Å². The molecule has 1 aromatic rings. The van der Waals surface area contributed by atoms with E-state index in [1.807, 2.05) is 6.92 Å². The maximum Gasteiger partial charge on any atom is 0.260 e. The van der Waals surface area contributed by atoms with Gasteiger partial charge in [-0.3, -0.25) is 4.79 Å². The number of nitrogens with two attached hydrogens (primary N) is 1. The lowest BCUT2D eigenvalue weighted by Crippen LogP contribution is -2.45. The Morgan fingerprint density at radius 2 is 2.21 bits per heavy atom. The standard InChI is InChI=1S/C11H18N4O3S/c1-3-6-13-10(16)8(2)15-19(17,18)11-9(12)5-4-7-14-11/h4-5,7-8,15H,3,6,12H2,1-2H3,(H,13,16). The van der Waals surface area contributed by atoms with Gasteiger partial charge in [-0.15, -0.1) is 0 Å². The van der Waals surface area contributed by atoms with Gasteiger partial charge < -0.3 is 11.1 Å². The minimum Gasteiger partial charge on any atom is -0.396 e. The number of nitrogen functional groups attached to an aromatic ring is 1. The summed E-state index contributed by atoms with van der Waals surface area (Å²) in [6, 6.07) is 2.08. The molecule has 7 nitrogen and oxygen atoms in total. The summed E-state index contributed by atoms with van der Waals surface area (Å²) in [6.07, 6.45) is 2.10. The summed E-state index contributed by atoms with van der Waals surface area (Å²) in [5.74, 6) is -0.389. The molecule has 4 N–H and O–H groups in total. The number of nitrogens with one attached hydrogen (secondary N) is 2. The molecule has 106 valence electrons. The number of anilines is 1. The first kappa shape index (κ1) is 15.4. The Bertz CT molecular complexity index is 545. The van der Waals surface area contributed by atoms with Gasteiger partial charge in [0, 0.05) is 12.7 Å². The molecule has 1 atom stereocenters. The van der Waals surface area contributed by atoms with Crippen LogP contribution in [0.15, 0.2) is 23.4 Å². The first-order chi connectivity index (χ1) is 8.88. The summed E-state index contributed by atoms with van der Waals surface area (Å²) in [5, 5.41) is 2.33. The van der Waals surface area contributed by atoms with Crippen molar-refractivity contribution in [1.82, 2.24) is 15.0 Å². The molecule has 1 unspecified atom stereocenters. The number of hydrogen-bond acceptors (Lipinski definition) is 5. The van der Waals surface area contributed by atoms with E-state index in [2.05, 4.69) is 15.0 Å². The predicted octanol–water partition coefficient (Wildman–Crippen LogP) is -0.143. The monoisotopic (exact) mass is 286 g/mol. The third kappa shape index (κ3) is 4.18. The molecule has 0 aromatic carbocycles. The van der Waals surface area contributed by atoms with Crippen molar-refractivity contribution in [3.63, 3.8) is 0 Å². The highest BCUT2D eigenvalue weighted by atomic mass is 32.2. The van der Waals surface area contributed by atoms with Crippen LogP contribution >= 0.6 is 0 Å². The van der Waals surface area contributed by atoms with Crippen molar-refractivity contribution in [3.05, 3.63) is 18.3 Å². The number of nitrogens with zero attached hydrogens (tertiary/aromatic N) is 1. The molecular weight excluding hydrogens is 268 g/mol. The van der Waals surface area contributed by atoms with Crippen LogP contribution in [-0.4, -0.2) is 31.9 Å². The number of pyridine rings is 1. The highest BCUT2D eigenvalue weighted by Crippen LogP contribution is 2.13. The predicted molar refractivity (Wildman–Crippen MR) is 71.7 cm³/mol. The molecule has 19 heavy (non-hydrogen) atoms. The van der Waals surface area contributed by atoms with Gasteiger partial charge in [0.15, 0.2) is 5.03 Å². The summed E-state index contributed by atoms with van der Waals surface area (Å²) < 4.78 is 26.3. The molecule has 0 aliphatic heterocycles. The minimum atomic E-state index is -3.91. The molecule has 0 aliphatic carbocycles. The molecule has 1 aromatic heterocycles. The van der Waals surface area contributed by atoms with E-state index in [4.69, 9.17) is 5.73 Å². The van der Waals surface area contributed by atoms with Crippen LogP contribution in [0.3, 0.4) is 0 Å². The van der Waals surface area contributed by atoms with Gasteiger partial charge >= 0.3 is 0 Å². The largest absolute Gasteiger partial charge is 0.396 e. The summed E-state index contributed by atoms with van der Waals surface area (Å²) in [5.41, 5.74) is 5.59. The molecular formula is C11H18N4O3S. The van der Waals surface area contributed by atoms with Gasteiger partial charge in [0.25, 0.3) is 10.0 Å². The van der Waals surface area contributed by atoms with Gasteiger partial charge in [0.2, 0.25) is 5.91 Å². The van der Waals surface area contributed by atoms with Gasteiger partial charge in [-0.05, 0) is 25.5 Å². The Kier molecular flexibility index (Phi) is 5.25. The first-order valence-corrected chi connectivity index (χ1v) is 7.37. The van der Waals surface area contributed by atoms with Crippen LogP contribution in [0.4, 0.5) is 5.69 Å². The highest BCUT2D eigenvalue weighted by molar-refractivity contribution is 7.89. The Hall–Kier alpha value is -1.67. The molecule has 8 heteroatoms. The highest BCUT2D eigenvalue weighted by Gasteiger charge is 2.24. The van der Waals surface area contributed by atoms with Crippen molar-refractivity contribution in [3.8, 4) is 0 Å². The summed E-state index contributed by atoms with van der Waals surface area (Å²) in [4.78, 5) is 15.3. The molecule has 1 heterocycles. The van der Waals surface area contributed by atoms with Crippen molar-refractivity contribution in [2.24, 2.45) is 0 Å². The molecule has 1 amide bonds. The molecule has 0 bridgehead atoms. The van der Waals surface area contributed by atoms with E-state index < -0.39 is 16.1 Å². The fourth-order valence-electron chi connectivity index (χ4n) is 1.37. The maximum absolute atomic E-state index is 12.0. The first-order valence-electron chi connectivity index (χ1n) is 5.89. The minimum absolute atomic E-state index is 0.0381. The maximum atomic E-state index is 12.0. The lowest BCUT2D eigenvalue weighted by atomic mass is 10.3. The molecule has 0 radical (unpaired) electrons. The van der Waals surface area contributed by atoms with Crippen LogP contribution in [0, 0.1) is 0 Å². The van der Waals surface area contributed by atoms with Gasteiger partial charge in [-0.25, -0.2) is 13.4 Å². The number of carbonyl (C=O) groups excluding carboxylic acids is 1. The number of hydrogen-bond donors (Lipinski definition) is 3. The lowest BCUT2D eigenvalue weighted by Gasteiger charge is -2.14. The van der Waals surface area contributed by atoms with Gasteiger partial charge in [0.05, 0.1) is 11.7 Å². The number of amides is 1. The fraction of sp³-hybridized carbons (Fsp3) is 0.455. The van der Waals surface area contributed by atoms with Crippen molar-refractivity contribution in [1.29, 1.82) is 0 Å². The van der Waals surface area contributed by atoms with E-state index in [9.17, 15) is 13.2 Å². The van der Waals surface area contributed by atoms with E-state index in [1.165, 1.54) is 25.3 Å². The zero-order valence-corrected chi connectivity index (χ0v) is 11.7. The van der Waals surface area contributed by atoms with Crippen LogP contribution in [0.2, 0.25) is 0 Å². The van der Waals surface area contributed by atoms with Gasteiger partial charge in [0.1, 0.15) is 0 Å². The molecule has 0 fully saturated rings. The third-order valence-corrected chi connectivity index (χ3v) is 3.84. The molecule has 0 spiro atoms. The quantitative estimate of drug-likeness (QED) is 0.673. The van der Waals surface area contributed by atoms with Crippen molar-refractivity contribution in [2.45, 2.75) is 31.3 Å². The Labute approximate surface area is 112 Å². The van der Waals surface area contributed by atoms with E-state index in [0.717, 1.165) is 6.42 Å². The second-order valence-electron chi connectivity index (χ2n) is 4.03.